The van der Waals surface area contributed by atoms with Gasteiger partial charge in [0.05, 0.1) is 0 Å². The van der Waals surface area contributed by atoms with E-state index in [0.29, 0.717) is 0 Å². The van der Waals surface area contributed by atoms with Gasteiger partial charge in [0.25, 0.3) is 0 Å². The molecule has 1 aliphatic rings. The second-order valence-corrected chi connectivity index (χ2v) is 5.15. The third-order valence-corrected chi connectivity index (χ3v) is 3.55. The van der Waals surface area contributed by atoms with Crippen LogP contribution in [0.3, 0.4) is 0 Å². The molecule has 0 bridgehead atoms. The molecule has 1 aromatic heterocycles. The van der Waals surface area contributed by atoms with Crippen LogP contribution in [-0.2, 0) is 6.42 Å². The number of nitrogens with one attached hydrogen (secondary N) is 1. The van der Waals surface area contributed by atoms with Gasteiger partial charge in [0.2, 0.25) is 0 Å². The van der Waals surface area contributed by atoms with Gasteiger partial charge >= 0.3 is 0 Å². The van der Waals surface area contributed by atoms with Gasteiger partial charge in [-0.1, -0.05) is 13.0 Å². The zero-order chi connectivity index (χ0) is 11.9. The summed E-state index contributed by atoms with van der Waals surface area (Å²) in [6.07, 6.45) is 11.7. The van der Waals surface area contributed by atoms with Crippen molar-refractivity contribution in [1.29, 1.82) is 0 Å². The third-order valence-electron chi connectivity index (χ3n) is 3.55. The van der Waals surface area contributed by atoms with Crippen molar-refractivity contribution in [3.8, 4) is 0 Å². The highest BCUT2D eigenvalue weighted by Gasteiger charge is 2.29. The summed E-state index contributed by atoms with van der Waals surface area (Å²) in [7, 11) is 0. The first-order valence-corrected chi connectivity index (χ1v) is 7.02. The summed E-state index contributed by atoms with van der Waals surface area (Å²) in [6, 6.07) is 4.98. The Kier molecular flexibility index (Phi) is 4.99. The lowest BCUT2D eigenvalue weighted by molar-refractivity contribution is 0.425. The van der Waals surface area contributed by atoms with E-state index in [1.165, 1.54) is 50.6 Å². The van der Waals surface area contributed by atoms with Crippen molar-refractivity contribution < 1.29 is 0 Å². The molecule has 2 nitrogen and oxygen atoms in total. The molecule has 2 heteroatoms. The molecule has 0 aliphatic heterocycles. The van der Waals surface area contributed by atoms with Gasteiger partial charge in [-0.15, -0.1) is 0 Å². The van der Waals surface area contributed by atoms with Crippen LogP contribution >= 0.6 is 0 Å². The molecule has 2 rings (SSSR count). The lowest BCUT2D eigenvalue weighted by Gasteiger charge is -2.17. The minimum atomic E-state index is 0.770. The Labute approximate surface area is 105 Å². The van der Waals surface area contributed by atoms with E-state index < -0.39 is 0 Å². The zero-order valence-electron chi connectivity index (χ0n) is 10.9. The Morgan fingerprint density at radius 1 is 1.47 bits per heavy atom. The molecule has 1 aromatic rings. The van der Waals surface area contributed by atoms with Crippen molar-refractivity contribution in [3.05, 3.63) is 30.1 Å². The lowest BCUT2D eigenvalue weighted by atomic mass is 10.0. The molecule has 0 spiro atoms. The van der Waals surface area contributed by atoms with E-state index in [1.54, 1.807) is 0 Å². The summed E-state index contributed by atoms with van der Waals surface area (Å²) in [5.41, 5.74) is 1.37. The summed E-state index contributed by atoms with van der Waals surface area (Å²) in [4.78, 5) is 4.16. The summed E-state index contributed by atoms with van der Waals surface area (Å²) in [5, 5.41) is 3.70. The van der Waals surface area contributed by atoms with Crippen LogP contribution in [0, 0.1) is 5.92 Å². The Bertz CT molecular complexity index is 306. The third kappa shape index (κ3) is 4.47. The van der Waals surface area contributed by atoms with Crippen LogP contribution in [-0.4, -0.2) is 17.6 Å². The predicted octanol–water partition coefficient (Wildman–Crippen LogP) is 3.18. The van der Waals surface area contributed by atoms with Crippen molar-refractivity contribution in [2.45, 2.75) is 51.5 Å². The molecule has 1 unspecified atom stereocenters. The van der Waals surface area contributed by atoms with E-state index in [9.17, 15) is 0 Å². The van der Waals surface area contributed by atoms with Crippen LogP contribution in [0.2, 0.25) is 0 Å². The SMILES string of the molecule is CCCNC(CCCc1cccnc1)C1CC1. The molecule has 0 aromatic carbocycles. The minimum absolute atomic E-state index is 0.770. The maximum absolute atomic E-state index is 4.16. The predicted molar refractivity (Wildman–Crippen MR) is 72.0 cm³/mol. The second-order valence-electron chi connectivity index (χ2n) is 5.15. The van der Waals surface area contributed by atoms with Gasteiger partial charge in [0, 0.05) is 18.4 Å². The summed E-state index contributed by atoms with van der Waals surface area (Å²) < 4.78 is 0. The molecule has 1 fully saturated rings. The van der Waals surface area contributed by atoms with Crippen molar-refractivity contribution in [3.63, 3.8) is 0 Å². The largest absolute Gasteiger partial charge is 0.314 e. The van der Waals surface area contributed by atoms with Gasteiger partial charge in [-0.3, -0.25) is 4.98 Å². The molecule has 1 aliphatic carbocycles. The van der Waals surface area contributed by atoms with Gasteiger partial charge in [0.15, 0.2) is 0 Å². The standard InChI is InChI=1S/C15H24N2/c1-2-10-17-15(14-8-9-14)7-3-5-13-6-4-11-16-12-13/h4,6,11-12,14-15,17H,2-3,5,7-10H2,1H3. The van der Waals surface area contributed by atoms with Crippen molar-refractivity contribution >= 4 is 0 Å². The first-order valence-electron chi connectivity index (χ1n) is 7.02. The van der Waals surface area contributed by atoms with E-state index in [1.807, 2.05) is 18.5 Å². The molecule has 0 saturated heterocycles. The fourth-order valence-corrected chi connectivity index (χ4v) is 2.40. The Morgan fingerprint density at radius 3 is 3.00 bits per heavy atom. The number of pyridine rings is 1. The van der Waals surface area contributed by atoms with Crippen LogP contribution in [0.25, 0.3) is 0 Å². The highest BCUT2D eigenvalue weighted by molar-refractivity contribution is 5.08. The summed E-state index contributed by atoms with van der Waals surface area (Å²) >= 11 is 0. The number of hydrogen-bond acceptors (Lipinski definition) is 2. The summed E-state index contributed by atoms with van der Waals surface area (Å²) in [6.45, 7) is 3.42. The lowest BCUT2D eigenvalue weighted by Crippen LogP contribution is -2.31. The topological polar surface area (TPSA) is 24.9 Å². The maximum atomic E-state index is 4.16. The maximum Gasteiger partial charge on any atom is 0.0299 e. The monoisotopic (exact) mass is 232 g/mol. The molecule has 0 radical (unpaired) electrons. The Morgan fingerprint density at radius 2 is 2.35 bits per heavy atom. The summed E-state index contributed by atoms with van der Waals surface area (Å²) in [5.74, 6) is 0.968. The molecular formula is C15H24N2. The minimum Gasteiger partial charge on any atom is -0.314 e. The number of nitrogens with zero attached hydrogens (tertiary/aromatic N) is 1. The van der Waals surface area contributed by atoms with Crippen molar-refractivity contribution in [2.75, 3.05) is 6.54 Å². The van der Waals surface area contributed by atoms with Gasteiger partial charge in [-0.2, -0.15) is 0 Å². The number of aryl methyl sites for hydroxylation is 1. The number of hydrogen-bond donors (Lipinski definition) is 1. The first-order chi connectivity index (χ1) is 8.40. The molecule has 17 heavy (non-hydrogen) atoms. The fourth-order valence-electron chi connectivity index (χ4n) is 2.40. The molecule has 1 saturated carbocycles. The molecular weight excluding hydrogens is 208 g/mol. The Balaban J connectivity index is 1.68. The molecule has 1 heterocycles. The highest BCUT2D eigenvalue weighted by Crippen LogP contribution is 2.34. The van der Waals surface area contributed by atoms with E-state index in [4.69, 9.17) is 0 Å². The van der Waals surface area contributed by atoms with Gasteiger partial charge in [-0.25, -0.2) is 0 Å². The molecule has 94 valence electrons. The van der Waals surface area contributed by atoms with Crippen LogP contribution in [0.15, 0.2) is 24.5 Å². The number of rotatable bonds is 8. The zero-order valence-corrected chi connectivity index (χ0v) is 10.9. The normalized spacial score (nSPS) is 17.0. The average Bonchev–Trinajstić information content (AvgIpc) is 3.19. The van der Waals surface area contributed by atoms with E-state index >= 15 is 0 Å². The average molecular weight is 232 g/mol. The number of aromatic nitrogens is 1. The second kappa shape index (κ2) is 6.75. The van der Waals surface area contributed by atoms with E-state index in [-0.39, 0.29) is 0 Å². The van der Waals surface area contributed by atoms with E-state index in [2.05, 4.69) is 23.3 Å². The molecule has 1 atom stereocenters. The first kappa shape index (κ1) is 12.6. The van der Waals surface area contributed by atoms with Crippen LogP contribution < -0.4 is 5.32 Å². The quantitative estimate of drug-likeness (QED) is 0.744. The Hall–Kier alpha value is -0.890. The van der Waals surface area contributed by atoms with Gasteiger partial charge in [0.1, 0.15) is 0 Å². The van der Waals surface area contributed by atoms with E-state index in [0.717, 1.165) is 12.0 Å². The highest BCUT2D eigenvalue weighted by atomic mass is 14.9. The van der Waals surface area contributed by atoms with Gasteiger partial charge < -0.3 is 5.32 Å². The van der Waals surface area contributed by atoms with Crippen molar-refractivity contribution in [2.24, 2.45) is 5.92 Å². The fraction of sp³-hybridized carbons (Fsp3) is 0.667. The van der Waals surface area contributed by atoms with Gasteiger partial charge in [-0.05, 0) is 62.6 Å². The van der Waals surface area contributed by atoms with Crippen LogP contribution in [0.5, 0.6) is 0 Å². The van der Waals surface area contributed by atoms with Crippen LogP contribution in [0.4, 0.5) is 0 Å². The van der Waals surface area contributed by atoms with Crippen LogP contribution in [0.1, 0.15) is 44.6 Å². The molecule has 0 amide bonds. The van der Waals surface area contributed by atoms with Crippen molar-refractivity contribution in [1.82, 2.24) is 10.3 Å². The molecule has 1 N–H and O–H groups in total. The smallest absolute Gasteiger partial charge is 0.0299 e.